The van der Waals surface area contributed by atoms with E-state index in [-0.39, 0.29) is 11.9 Å². The number of aromatic nitrogens is 1. The van der Waals surface area contributed by atoms with E-state index in [4.69, 9.17) is 4.74 Å². The van der Waals surface area contributed by atoms with E-state index in [1.165, 1.54) is 0 Å². The van der Waals surface area contributed by atoms with Crippen molar-refractivity contribution in [2.24, 2.45) is 0 Å². The number of ether oxygens (including phenoxy) is 1. The Labute approximate surface area is 107 Å². The first-order chi connectivity index (χ1) is 8.79. The fourth-order valence-corrected chi connectivity index (χ4v) is 2.03. The summed E-state index contributed by atoms with van der Waals surface area (Å²) in [5.74, 6) is 0.690. The topological polar surface area (TPSA) is 63.2 Å². The van der Waals surface area contributed by atoms with E-state index in [1.807, 2.05) is 18.2 Å². The number of hydrogen-bond donors (Lipinski definition) is 2. The summed E-state index contributed by atoms with van der Waals surface area (Å²) in [5.41, 5.74) is 0.881. The smallest absolute Gasteiger partial charge is 0.237 e. The summed E-state index contributed by atoms with van der Waals surface area (Å²) in [6, 6.07) is 5.52. The van der Waals surface area contributed by atoms with Gasteiger partial charge in [-0.2, -0.15) is 0 Å². The second kappa shape index (κ2) is 6.35. The van der Waals surface area contributed by atoms with Crippen molar-refractivity contribution in [1.82, 2.24) is 15.6 Å². The molecule has 0 radical (unpaired) electrons. The Morgan fingerprint density at radius 3 is 3.22 bits per heavy atom. The van der Waals surface area contributed by atoms with E-state index in [0.717, 1.165) is 31.5 Å². The molecule has 5 nitrogen and oxygen atoms in total. The van der Waals surface area contributed by atoms with Gasteiger partial charge in [-0.1, -0.05) is 6.07 Å². The van der Waals surface area contributed by atoms with Crippen LogP contribution >= 0.6 is 0 Å². The Hall–Kier alpha value is -1.62. The molecule has 0 bridgehead atoms. The minimum Gasteiger partial charge on any atom is -0.481 e. The Morgan fingerprint density at radius 2 is 2.39 bits per heavy atom. The normalized spacial score (nSPS) is 20.1. The van der Waals surface area contributed by atoms with Crippen molar-refractivity contribution in [2.45, 2.75) is 31.8 Å². The average molecular weight is 249 g/mol. The van der Waals surface area contributed by atoms with Crippen LogP contribution in [0.4, 0.5) is 0 Å². The monoisotopic (exact) mass is 249 g/mol. The number of hydrogen-bond acceptors (Lipinski definition) is 4. The van der Waals surface area contributed by atoms with Crippen LogP contribution in [-0.2, 0) is 11.3 Å². The van der Waals surface area contributed by atoms with Gasteiger partial charge in [-0.3, -0.25) is 4.79 Å². The third-order valence-electron chi connectivity index (χ3n) is 3.06. The van der Waals surface area contributed by atoms with Gasteiger partial charge in [0.05, 0.1) is 18.8 Å². The van der Waals surface area contributed by atoms with Gasteiger partial charge in [0.15, 0.2) is 0 Å². The third kappa shape index (κ3) is 3.43. The molecule has 1 amide bonds. The zero-order valence-corrected chi connectivity index (χ0v) is 10.6. The molecule has 2 rings (SSSR count). The van der Waals surface area contributed by atoms with Crippen LogP contribution in [0.2, 0.25) is 0 Å². The van der Waals surface area contributed by atoms with E-state index in [1.54, 1.807) is 7.11 Å². The number of carbonyl (C=O) groups is 1. The molecule has 1 aromatic heterocycles. The fourth-order valence-electron chi connectivity index (χ4n) is 2.03. The van der Waals surface area contributed by atoms with Gasteiger partial charge < -0.3 is 15.4 Å². The van der Waals surface area contributed by atoms with E-state index >= 15 is 0 Å². The lowest BCUT2D eigenvalue weighted by molar-refractivity contribution is -0.122. The van der Waals surface area contributed by atoms with Crippen molar-refractivity contribution in [3.05, 3.63) is 23.9 Å². The molecular weight excluding hydrogens is 230 g/mol. The number of nitrogens with one attached hydrogen (secondary N) is 2. The van der Waals surface area contributed by atoms with E-state index < -0.39 is 0 Å². The van der Waals surface area contributed by atoms with E-state index in [0.29, 0.717) is 12.4 Å². The van der Waals surface area contributed by atoms with Crippen molar-refractivity contribution >= 4 is 5.91 Å². The van der Waals surface area contributed by atoms with Gasteiger partial charge in [0.2, 0.25) is 11.8 Å². The van der Waals surface area contributed by atoms with Crippen molar-refractivity contribution in [3.8, 4) is 5.88 Å². The van der Waals surface area contributed by atoms with Gasteiger partial charge in [-0.15, -0.1) is 0 Å². The molecule has 1 saturated heterocycles. The molecule has 0 spiro atoms. The first kappa shape index (κ1) is 12.8. The second-order valence-electron chi connectivity index (χ2n) is 4.39. The molecule has 5 heteroatoms. The van der Waals surface area contributed by atoms with Crippen LogP contribution in [0.25, 0.3) is 0 Å². The third-order valence-corrected chi connectivity index (χ3v) is 3.06. The maximum atomic E-state index is 11.7. The van der Waals surface area contributed by atoms with Crippen molar-refractivity contribution in [2.75, 3.05) is 13.7 Å². The average Bonchev–Trinajstić information content (AvgIpc) is 2.61. The summed E-state index contributed by atoms with van der Waals surface area (Å²) in [6.07, 6.45) is 3.01. The van der Waals surface area contributed by atoms with Crippen molar-refractivity contribution in [1.29, 1.82) is 0 Å². The van der Waals surface area contributed by atoms with Crippen LogP contribution in [0.5, 0.6) is 5.88 Å². The van der Waals surface area contributed by atoms with Gasteiger partial charge in [-0.25, -0.2) is 4.98 Å². The van der Waals surface area contributed by atoms with E-state index in [2.05, 4.69) is 15.6 Å². The summed E-state index contributed by atoms with van der Waals surface area (Å²) in [6.45, 7) is 1.36. The Balaban J connectivity index is 1.91. The van der Waals surface area contributed by atoms with Crippen LogP contribution in [-0.4, -0.2) is 30.6 Å². The predicted molar refractivity (Wildman–Crippen MR) is 68.3 cm³/mol. The van der Waals surface area contributed by atoms with Gasteiger partial charge in [-0.05, 0) is 25.3 Å². The number of pyridine rings is 1. The molecule has 1 unspecified atom stereocenters. The molecule has 0 aromatic carbocycles. The molecule has 18 heavy (non-hydrogen) atoms. The molecule has 98 valence electrons. The number of rotatable bonds is 4. The first-order valence-corrected chi connectivity index (χ1v) is 6.30. The predicted octanol–water partition coefficient (Wildman–Crippen LogP) is 0.848. The van der Waals surface area contributed by atoms with Crippen LogP contribution in [0.15, 0.2) is 18.2 Å². The summed E-state index contributed by atoms with van der Waals surface area (Å²) in [5, 5.41) is 6.16. The quantitative estimate of drug-likeness (QED) is 0.830. The van der Waals surface area contributed by atoms with E-state index in [9.17, 15) is 4.79 Å². The van der Waals surface area contributed by atoms with Crippen molar-refractivity contribution in [3.63, 3.8) is 0 Å². The maximum Gasteiger partial charge on any atom is 0.237 e. The first-order valence-electron chi connectivity index (χ1n) is 6.30. The number of amides is 1. The van der Waals surface area contributed by atoms with Crippen LogP contribution < -0.4 is 15.4 Å². The summed E-state index contributed by atoms with van der Waals surface area (Å²) in [4.78, 5) is 16.0. The van der Waals surface area contributed by atoms with Gasteiger partial charge in [0.25, 0.3) is 0 Å². The van der Waals surface area contributed by atoms with Crippen LogP contribution in [0.3, 0.4) is 0 Å². The van der Waals surface area contributed by atoms with Crippen LogP contribution in [0, 0.1) is 0 Å². The Morgan fingerprint density at radius 1 is 1.50 bits per heavy atom. The van der Waals surface area contributed by atoms with Gasteiger partial charge >= 0.3 is 0 Å². The fraction of sp³-hybridized carbons (Fsp3) is 0.538. The molecule has 1 aliphatic heterocycles. The Kier molecular flexibility index (Phi) is 4.52. The molecule has 0 saturated carbocycles. The molecule has 2 heterocycles. The second-order valence-corrected chi connectivity index (χ2v) is 4.39. The van der Waals surface area contributed by atoms with Gasteiger partial charge in [0, 0.05) is 19.2 Å². The molecule has 1 atom stereocenters. The summed E-state index contributed by atoms with van der Waals surface area (Å²) in [7, 11) is 1.60. The van der Waals surface area contributed by atoms with Crippen LogP contribution in [0.1, 0.15) is 25.0 Å². The molecule has 2 N–H and O–H groups in total. The zero-order chi connectivity index (χ0) is 12.8. The molecule has 0 aliphatic carbocycles. The van der Waals surface area contributed by atoms with Gasteiger partial charge in [0.1, 0.15) is 0 Å². The zero-order valence-electron chi connectivity index (χ0n) is 10.6. The molecule has 1 fully saturated rings. The SMILES string of the molecule is COc1cccc(CNC2CCCCNC2=O)n1. The number of nitrogens with zero attached hydrogens (tertiary/aromatic N) is 1. The summed E-state index contributed by atoms with van der Waals surface area (Å²) >= 11 is 0. The molecular formula is C13H19N3O2. The lowest BCUT2D eigenvalue weighted by Crippen LogP contribution is -2.42. The highest BCUT2D eigenvalue weighted by atomic mass is 16.5. The number of methoxy groups -OCH3 is 1. The minimum absolute atomic E-state index is 0.0930. The van der Waals surface area contributed by atoms with Crippen molar-refractivity contribution < 1.29 is 9.53 Å². The lowest BCUT2D eigenvalue weighted by atomic mass is 10.1. The standard InChI is InChI=1S/C13H19N3O2/c1-18-12-7-4-5-10(16-12)9-15-11-6-2-3-8-14-13(11)17/h4-5,7,11,15H,2-3,6,8-9H2,1H3,(H,14,17). The highest BCUT2D eigenvalue weighted by Gasteiger charge is 2.19. The molecule has 1 aromatic rings. The highest BCUT2D eigenvalue weighted by Crippen LogP contribution is 2.09. The number of carbonyl (C=O) groups excluding carboxylic acids is 1. The molecule has 1 aliphatic rings. The summed E-state index contributed by atoms with van der Waals surface area (Å²) < 4.78 is 5.07. The Bertz CT molecular complexity index is 409. The maximum absolute atomic E-state index is 11.7. The lowest BCUT2D eigenvalue weighted by Gasteiger charge is -2.14. The highest BCUT2D eigenvalue weighted by molar-refractivity contribution is 5.81. The largest absolute Gasteiger partial charge is 0.481 e. The minimum atomic E-state index is -0.111.